The van der Waals surface area contributed by atoms with Gasteiger partial charge in [0, 0.05) is 23.3 Å². The van der Waals surface area contributed by atoms with Crippen molar-refractivity contribution in [3.05, 3.63) is 66.3 Å². The van der Waals surface area contributed by atoms with E-state index >= 15 is 0 Å². The highest BCUT2D eigenvalue weighted by molar-refractivity contribution is 5.74. The van der Waals surface area contributed by atoms with E-state index in [0.29, 0.717) is 17.8 Å². The molecule has 1 aromatic rings. The van der Waals surface area contributed by atoms with Crippen LogP contribution in [0, 0.1) is 0 Å². The molecule has 110 valence electrons. The van der Waals surface area contributed by atoms with E-state index in [-0.39, 0.29) is 0 Å². The lowest BCUT2D eigenvalue weighted by atomic mass is 10.2. The summed E-state index contributed by atoms with van der Waals surface area (Å²) in [6.45, 7) is 5.54. The zero-order valence-electron chi connectivity index (χ0n) is 11.7. The van der Waals surface area contributed by atoms with Crippen LogP contribution in [0.1, 0.15) is 12.6 Å². The summed E-state index contributed by atoms with van der Waals surface area (Å²) in [6.07, 6.45) is 9.01. The molecule has 0 saturated carbocycles. The average Bonchev–Trinajstić information content (AvgIpc) is 2.95. The number of allylic oxidation sites excluding steroid dienone is 5. The fourth-order valence-corrected chi connectivity index (χ4v) is 1.48. The highest BCUT2D eigenvalue weighted by Crippen LogP contribution is 2.11. The van der Waals surface area contributed by atoms with Crippen molar-refractivity contribution in [3.8, 4) is 0 Å². The lowest BCUT2D eigenvalue weighted by Gasteiger charge is -2.03. The molecule has 6 nitrogen and oxygen atoms in total. The highest BCUT2D eigenvalue weighted by atomic mass is 16.2. The van der Waals surface area contributed by atoms with Crippen molar-refractivity contribution in [2.24, 2.45) is 5.73 Å². The lowest BCUT2D eigenvalue weighted by Crippen LogP contribution is -2.27. The maximum atomic E-state index is 11.0. The number of H-pyrrole nitrogens is 1. The molecule has 6 heteroatoms. The first-order valence-electron chi connectivity index (χ1n) is 6.19. The van der Waals surface area contributed by atoms with E-state index < -0.39 is 6.03 Å². The summed E-state index contributed by atoms with van der Waals surface area (Å²) in [4.78, 5) is 24.3. The van der Waals surface area contributed by atoms with E-state index in [4.69, 9.17) is 5.73 Å². The fraction of sp³-hybridized carbons (Fsp3) is 0.0667. The molecule has 0 aliphatic rings. The van der Waals surface area contributed by atoms with Crippen LogP contribution in [0.5, 0.6) is 0 Å². The Hall–Kier alpha value is -3.02. The van der Waals surface area contributed by atoms with Crippen molar-refractivity contribution < 1.29 is 9.59 Å². The normalized spacial score (nSPS) is 12.2. The topological polar surface area (TPSA) is 100 Å². The van der Waals surface area contributed by atoms with Gasteiger partial charge in [0.2, 0.25) is 6.41 Å². The maximum absolute atomic E-state index is 11.0. The molecule has 0 aliphatic carbocycles. The van der Waals surface area contributed by atoms with Crippen LogP contribution in [-0.2, 0) is 4.79 Å². The first-order chi connectivity index (χ1) is 10.0. The number of carbonyl (C=O) groups excluding carboxylic acids is 2. The summed E-state index contributed by atoms with van der Waals surface area (Å²) in [5.74, 6) is 0. The number of nitrogens with two attached hydrogens (primary N) is 1. The maximum Gasteiger partial charge on any atom is 0.316 e. The predicted molar refractivity (Wildman–Crippen MR) is 82.7 cm³/mol. The van der Waals surface area contributed by atoms with Gasteiger partial charge in [0.05, 0.1) is 0 Å². The van der Waals surface area contributed by atoms with Gasteiger partial charge in [-0.1, -0.05) is 12.7 Å². The van der Waals surface area contributed by atoms with Gasteiger partial charge in [-0.05, 0) is 42.9 Å². The van der Waals surface area contributed by atoms with Gasteiger partial charge >= 0.3 is 6.03 Å². The minimum Gasteiger partial charge on any atom is -0.361 e. The van der Waals surface area contributed by atoms with E-state index in [0.717, 1.165) is 11.3 Å². The first kappa shape index (κ1) is 16.0. The number of aromatic amines is 1. The van der Waals surface area contributed by atoms with Crippen molar-refractivity contribution in [1.82, 2.24) is 15.6 Å². The smallest absolute Gasteiger partial charge is 0.316 e. The number of carbonyl (C=O) groups is 2. The summed E-state index contributed by atoms with van der Waals surface area (Å²) < 4.78 is 0. The molecular formula is C15H18N4O2. The molecule has 0 unspecified atom stereocenters. The van der Waals surface area contributed by atoms with Gasteiger partial charge in [-0.2, -0.15) is 0 Å². The minimum absolute atomic E-state index is 0.396. The van der Waals surface area contributed by atoms with Crippen LogP contribution < -0.4 is 16.4 Å². The van der Waals surface area contributed by atoms with Gasteiger partial charge in [0.15, 0.2) is 0 Å². The molecule has 1 heterocycles. The summed E-state index contributed by atoms with van der Waals surface area (Å²) in [5, 5.41) is 4.87. The van der Waals surface area contributed by atoms with Crippen molar-refractivity contribution in [2.75, 3.05) is 0 Å². The Labute approximate surface area is 123 Å². The number of hydrogen-bond donors (Lipinski definition) is 4. The van der Waals surface area contributed by atoms with Gasteiger partial charge in [0.25, 0.3) is 0 Å². The van der Waals surface area contributed by atoms with Crippen molar-refractivity contribution in [2.45, 2.75) is 6.92 Å². The molecule has 0 fully saturated rings. The molecule has 1 aromatic heterocycles. The molecule has 0 aromatic carbocycles. The zero-order chi connectivity index (χ0) is 15.7. The second-order valence-electron chi connectivity index (χ2n) is 4.17. The van der Waals surface area contributed by atoms with Crippen molar-refractivity contribution >= 4 is 18.0 Å². The van der Waals surface area contributed by atoms with Crippen molar-refractivity contribution in [3.63, 3.8) is 0 Å². The number of nitrogens with one attached hydrogen (secondary N) is 3. The Kier molecular flexibility index (Phi) is 6.27. The van der Waals surface area contributed by atoms with E-state index in [1.807, 2.05) is 31.3 Å². The molecule has 5 N–H and O–H groups in total. The number of amides is 3. The second-order valence-corrected chi connectivity index (χ2v) is 4.17. The Bertz CT molecular complexity index is 595. The standard InChI is InChI=1S/C15H18N4O2/c1-11(14-4-3-9-17-14)5-7-13(19-15(16)21)8-6-12(2)18-10-20/h3-10,17H,2H2,1H3,(H,18,20)(H3,16,19,21)/b8-6-,11-5+,13-7+. The Morgan fingerprint density at radius 3 is 2.71 bits per heavy atom. The molecule has 3 amide bonds. The number of rotatable bonds is 7. The molecule has 0 radical (unpaired) electrons. The Morgan fingerprint density at radius 2 is 2.14 bits per heavy atom. The van der Waals surface area contributed by atoms with Crippen LogP contribution in [0.3, 0.4) is 0 Å². The van der Waals surface area contributed by atoms with Gasteiger partial charge in [0.1, 0.15) is 0 Å². The van der Waals surface area contributed by atoms with E-state index in [1.165, 1.54) is 0 Å². The van der Waals surface area contributed by atoms with E-state index in [2.05, 4.69) is 22.2 Å². The third-order valence-electron chi connectivity index (χ3n) is 2.51. The summed E-state index contributed by atoms with van der Waals surface area (Å²) >= 11 is 0. The third kappa shape index (κ3) is 6.11. The van der Waals surface area contributed by atoms with E-state index in [9.17, 15) is 9.59 Å². The number of primary amides is 1. The summed E-state index contributed by atoms with van der Waals surface area (Å²) in [5.41, 5.74) is 7.94. The Balaban J connectivity index is 2.88. The van der Waals surface area contributed by atoms with Gasteiger partial charge in [-0.3, -0.25) is 4.79 Å². The minimum atomic E-state index is -0.675. The van der Waals surface area contributed by atoms with Gasteiger partial charge in [-0.25, -0.2) is 4.79 Å². The number of aromatic nitrogens is 1. The summed E-state index contributed by atoms with van der Waals surface area (Å²) in [6, 6.07) is 3.16. The third-order valence-corrected chi connectivity index (χ3v) is 2.51. The quantitative estimate of drug-likeness (QED) is 0.454. The van der Waals surface area contributed by atoms with Crippen LogP contribution in [0.25, 0.3) is 5.57 Å². The van der Waals surface area contributed by atoms with Crippen LogP contribution in [-0.4, -0.2) is 17.4 Å². The zero-order valence-corrected chi connectivity index (χ0v) is 11.7. The molecule has 0 spiro atoms. The largest absolute Gasteiger partial charge is 0.361 e. The SMILES string of the molecule is C=C(\C=C/C(=C\C=C(/C)c1ccc[nH]1)NC(N)=O)NC=O. The second kappa shape index (κ2) is 8.21. The predicted octanol–water partition coefficient (Wildman–Crippen LogP) is 1.79. The Morgan fingerprint density at radius 1 is 1.38 bits per heavy atom. The first-order valence-corrected chi connectivity index (χ1v) is 6.19. The molecule has 0 atom stereocenters. The van der Waals surface area contributed by atoms with Crippen LogP contribution >= 0.6 is 0 Å². The lowest BCUT2D eigenvalue weighted by molar-refractivity contribution is -0.108. The molecule has 0 aliphatic heterocycles. The summed E-state index contributed by atoms with van der Waals surface area (Å²) in [7, 11) is 0. The molecular weight excluding hydrogens is 268 g/mol. The van der Waals surface area contributed by atoms with Crippen LogP contribution in [0.4, 0.5) is 4.79 Å². The molecule has 1 rings (SSSR count). The van der Waals surface area contributed by atoms with E-state index in [1.54, 1.807) is 18.2 Å². The van der Waals surface area contributed by atoms with Gasteiger partial charge < -0.3 is 21.4 Å². The number of urea groups is 1. The fourth-order valence-electron chi connectivity index (χ4n) is 1.48. The monoisotopic (exact) mass is 286 g/mol. The molecule has 0 bridgehead atoms. The highest BCUT2D eigenvalue weighted by Gasteiger charge is 1.97. The van der Waals surface area contributed by atoms with Gasteiger partial charge in [-0.15, -0.1) is 0 Å². The van der Waals surface area contributed by atoms with Crippen molar-refractivity contribution in [1.29, 1.82) is 0 Å². The van der Waals surface area contributed by atoms with Crippen LogP contribution in [0.15, 0.2) is 60.6 Å². The average molecular weight is 286 g/mol. The molecule has 0 saturated heterocycles. The number of hydrogen-bond acceptors (Lipinski definition) is 2. The van der Waals surface area contributed by atoms with Crippen LogP contribution in [0.2, 0.25) is 0 Å². The molecule has 21 heavy (non-hydrogen) atoms.